The summed E-state index contributed by atoms with van der Waals surface area (Å²) in [6.45, 7) is 18.5. The van der Waals surface area contributed by atoms with Crippen molar-refractivity contribution in [3.63, 3.8) is 0 Å². The maximum absolute atomic E-state index is 13.7. The van der Waals surface area contributed by atoms with Gasteiger partial charge in [0.15, 0.2) is 6.29 Å². The fraction of sp³-hybridized carbons (Fsp3) is 0.649. The Hall–Kier alpha value is -3.37. The number of carbonyl (C=O) groups is 2. The normalized spacial score (nSPS) is 20.8. The highest BCUT2D eigenvalue weighted by Crippen LogP contribution is 2.38. The fourth-order valence-electron chi connectivity index (χ4n) is 6.45. The third-order valence-electron chi connectivity index (χ3n) is 9.45. The average Bonchev–Trinajstić information content (AvgIpc) is 3.67. The molecule has 1 aromatic carbocycles. The van der Waals surface area contributed by atoms with E-state index in [2.05, 4.69) is 60.5 Å². The van der Waals surface area contributed by atoms with Gasteiger partial charge in [0.05, 0.1) is 0 Å². The first kappa shape index (κ1) is 38.1. The number of rotatable bonds is 17. The van der Waals surface area contributed by atoms with Crippen LogP contribution in [0.25, 0.3) is 5.57 Å². The second-order valence-corrected chi connectivity index (χ2v) is 14.2. The van der Waals surface area contributed by atoms with Crippen molar-refractivity contribution in [2.24, 2.45) is 23.7 Å². The molecule has 1 amide bonds. The number of nitrogens with one attached hydrogen (secondary N) is 1. The van der Waals surface area contributed by atoms with Crippen molar-refractivity contribution in [3.8, 4) is 0 Å². The van der Waals surface area contributed by atoms with E-state index in [1.54, 1.807) is 11.8 Å². The highest BCUT2D eigenvalue weighted by molar-refractivity contribution is 5.85. The molecule has 2 N–H and O–H groups in total. The number of benzene rings is 1. The second-order valence-electron chi connectivity index (χ2n) is 14.2. The number of allylic oxidation sites excluding steroid dienone is 4. The molecule has 10 heteroatoms. The molecule has 3 rings (SSSR count). The third kappa shape index (κ3) is 10.8. The zero-order valence-electron chi connectivity index (χ0n) is 29.9. The van der Waals surface area contributed by atoms with E-state index in [0.717, 1.165) is 42.4 Å². The van der Waals surface area contributed by atoms with E-state index in [-0.39, 0.29) is 29.7 Å². The Bertz CT molecular complexity index is 1310. The summed E-state index contributed by atoms with van der Waals surface area (Å²) in [6.07, 6.45) is 8.37. The van der Waals surface area contributed by atoms with E-state index in [1.807, 2.05) is 58.1 Å². The van der Waals surface area contributed by atoms with Crippen LogP contribution < -0.4 is 0 Å². The molecule has 1 fully saturated rings. The minimum Gasteiger partial charge on any atom is -0.434 e. The molecule has 1 saturated carbocycles. The van der Waals surface area contributed by atoms with Crippen LogP contribution in [0.2, 0.25) is 0 Å². The number of aromatic nitrogens is 4. The zero-order valence-corrected chi connectivity index (χ0v) is 29.9. The number of esters is 1. The third-order valence-corrected chi connectivity index (χ3v) is 9.45. The highest BCUT2D eigenvalue weighted by Gasteiger charge is 2.37. The number of hydrogen-bond donors (Lipinski definition) is 2. The molecule has 1 aliphatic rings. The van der Waals surface area contributed by atoms with Crippen LogP contribution in [0, 0.1) is 23.7 Å². The van der Waals surface area contributed by atoms with Gasteiger partial charge in [0.2, 0.25) is 18.0 Å². The van der Waals surface area contributed by atoms with Gasteiger partial charge in [-0.3, -0.25) is 4.79 Å². The molecule has 2 aromatic rings. The van der Waals surface area contributed by atoms with E-state index in [0.29, 0.717) is 30.5 Å². The summed E-state index contributed by atoms with van der Waals surface area (Å²) in [5.74, 6) is 0.782. The molecule has 0 saturated heterocycles. The zero-order chi connectivity index (χ0) is 34.7. The molecule has 5 unspecified atom stereocenters. The highest BCUT2D eigenvalue weighted by atomic mass is 16.7. The van der Waals surface area contributed by atoms with Gasteiger partial charge in [-0.25, -0.2) is 4.79 Å². The largest absolute Gasteiger partial charge is 0.434 e. The number of ether oxygens (including phenoxy) is 2. The minimum atomic E-state index is -1.00. The smallest absolute Gasteiger partial charge is 0.331 e. The molecule has 10 nitrogen and oxygen atoms in total. The van der Waals surface area contributed by atoms with E-state index in [1.165, 1.54) is 0 Å². The summed E-state index contributed by atoms with van der Waals surface area (Å²) in [4.78, 5) is 28.9. The molecule has 0 radical (unpaired) electrons. The van der Waals surface area contributed by atoms with Crippen LogP contribution in [0.5, 0.6) is 0 Å². The van der Waals surface area contributed by atoms with Crippen molar-refractivity contribution in [1.82, 2.24) is 25.5 Å². The number of amides is 1. The predicted molar refractivity (Wildman–Crippen MR) is 183 cm³/mol. The lowest BCUT2D eigenvalue weighted by Crippen LogP contribution is -2.49. The van der Waals surface area contributed by atoms with Gasteiger partial charge < -0.3 is 19.5 Å². The summed E-state index contributed by atoms with van der Waals surface area (Å²) in [5.41, 5.74) is 2.76. The lowest BCUT2D eigenvalue weighted by Gasteiger charge is -2.34. The number of aromatic amines is 1. The Labute approximate surface area is 281 Å². The van der Waals surface area contributed by atoms with E-state index in [4.69, 9.17) is 9.47 Å². The Kier molecular flexibility index (Phi) is 14.3. The summed E-state index contributed by atoms with van der Waals surface area (Å²) in [5, 5.41) is 25.4. The van der Waals surface area contributed by atoms with E-state index < -0.39 is 24.6 Å². The number of nitrogens with zero attached hydrogens (tertiary/aromatic N) is 4. The van der Waals surface area contributed by atoms with Gasteiger partial charge in [-0.2, -0.15) is 5.21 Å². The molecule has 0 aliphatic heterocycles. The van der Waals surface area contributed by atoms with Crippen molar-refractivity contribution in [1.29, 1.82) is 0 Å². The predicted octanol–water partition coefficient (Wildman–Crippen LogP) is 6.98. The second kappa shape index (κ2) is 17.7. The minimum absolute atomic E-state index is 0.0110. The molecule has 5 atom stereocenters. The Morgan fingerprint density at radius 1 is 1.13 bits per heavy atom. The lowest BCUT2D eigenvalue weighted by atomic mass is 9.78. The van der Waals surface area contributed by atoms with Crippen LogP contribution >= 0.6 is 0 Å². The summed E-state index contributed by atoms with van der Waals surface area (Å²) in [7, 11) is 0. The average molecular weight is 652 g/mol. The lowest BCUT2D eigenvalue weighted by molar-refractivity contribution is -0.237. The first-order chi connectivity index (χ1) is 22.3. The Morgan fingerprint density at radius 2 is 1.79 bits per heavy atom. The van der Waals surface area contributed by atoms with Crippen molar-refractivity contribution in [3.05, 3.63) is 59.4 Å². The van der Waals surface area contributed by atoms with Crippen LogP contribution in [0.4, 0.5) is 0 Å². The number of carbonyl (C=O) groups excluding carboxylic acids is 2. The fourth-order valence-corrected chi connectivity index (χ4v) is 6.45. The number of hydrogen-bond acceptors (Lipinski definition) is 8. The van der Waals surface area contributed by atoms with Gasteiger partial charge in [0.25, 0.3) is 0 Å². The molecule has 1 aliphatic carbocycles. The summed E-state index contributed by atoms with van der Waals surface area (Å²) >= 11 is 0. The number of aliphatic hydroxyl groups is 1. The summed E-state index contributed by atoms with van der Waals surface area (Å²) in [6, 6.07) is 7.40. The van der Waals surface area contributed by atoms with Gasteiger partial charge in [-0.05, 0) is 79.0 Å². The first-order valence-corrected chi connectivity index (χ1v) is 17.3. The molecular weight excluding hydrogens is 594 g/mol. The first-order valence-electron chi connectivity index (χ1n) is 17.3. The number of unbranched alkanes of at least 4 members (excludes halogenated alkanes) is 1. The van der Waals surface area contributed by atoms with Gasteiger partial charge in [0.1, 0.15) is 6.04 Å². The maximum atomic E-state index is 13.7. The van der Waals surface area contributed by atoms with E-state index in [9.17, 15) is 14.7 Å². The van der Waals surface area contributed by atoms with Crippen molar-refractivity contribution >= 4 is 17.4 Å². The Balaban J connectivity index is 1.77. The number of tetrazole rings is 1. The molecule has 1 aromatic heterocycles. The molecule has 0 spiro atoms. The molecule has 0 bridgehead atoms. The monoisotopic (exact) mass is 651 g/mol. The molecule has 260 valence electrons. The maximum Gasteiger partial charge on any atom is 0.331 e. The van der Waals surface area contributed by atoms with Crippen molar-refractivity contribution in [2.45, 2.75) is 131 Å². The molecule has 47 heavy (non-hydrogen) atoms. The SMILES string of the molecule is CC=C/C=C(\CC(C)(C)c1ccc(CN(C(=O)CCCC)C(C(=O)OC(C)OC(O)C2CC(C)C(C)C2)C(C)C)cc1)c1nn[nH]n1. The number of H-pyrrole nitrogens is 1. The van der Waals surface area contributed by atoms with Crippen LogP contribution in [0.1, 0.15) is 118 Å². The standard InChI is InChI=1S/C37H57N5O5/c1-10-12-14-29(34-38-40-41-39-34)22-37(8,9)31-18-16-28(17-19-31)23-42(32(43)15-13-11-2)33(24(3)4)36(45)47-27(7)46-35(44)30-20-25(5)26(6)21-30/h10,12,14,16-19,24-27,30,33,35,44H,11,13,15,20-23H2,1-9H3,(H,38,39,40,41)/b12-10?,29-14+. The van der Waals surface area contributed by atoms with Crippen LogP contribution in [0.15, 0.2) is 42.5 Å². The summed E-state index contributed by atoms with van der Waals surface area (Å²) < 4.78 is 11.5. The van der Waals surface area contributed by atoms with Crippen LogP contribution in [-0.2, 0) is 31.0 Å². The molecule has 1 heterocycles. The number of aliphatic hydroxyl groups excluding tert-OH is 1. The Morgan fingerprint density at radius 3 is 2.34 bits per heavy atom. The van der Waals surface area contributed by atoms with Gasteiger partial charge in [0, 0.05) is 24.5 Å². The van der Waals surface area contributed by atoms with Crippen molar-refractivity contribution < 1.29 is 24.2 Å². The van der Waals surface area contributed by atoms with Crippen molar-refractivity contribution in [2.75, 3.05) is 0 Å². The quantitative estimate of drug-likeness (QED) is 0.106. The van der Waals surface area contributed by atoms with Gasteiger partial charge >= 0.3 is 5.97 Å². The van der Waals surface area contributed by atoms with E-state index >= 15 is 0 Å². The van der Waals surface area contributed by atoms with Crippen LogP contribution in [-0.4, -0.2) is 61.1 Å². The topological polar surface area (TPSA) is 131 Å². The van der Waals surface area contributed by atoms with Gasteiger partial charge in [-0.1, -0.05) is 97.4 Å². The van der Waals surface area contributed by atoms with Crippen LogP contribution in [0.3, 0.4) is 0 Å². The molecular formula is C37H57N5O5. The van der Waals surface area contributed by atoms with Gasteiger partial charge in [-0.15, -0.1) is 10.2 Å².